The van der Waals surface area contributed by atoms with Gasteiger partial charge < -0.3 is 29.0 Å². The summed E-state index contributed by atoms with van der Waals surface area (Å²) in [5.74, 6) is -0.0997. The van der Waals surface area contributed by atoms with Gasteiger partial charge in [-0.15, -0.1) is 0 Å². The maximum Gasteiger partial charge on any atom is 0.330 e. The molecule has 0 fully saturated rings. The van der Waals surface area contributed by atoms with Crippen LogP contribution in [0.25, 0.3) is 6.08 Å². The van der Waals surface area contributed by atoms with Gasteiger partial charge in [-0.2, -0.15) is 0 Å². The van der Waals surface area contributed by atoms with Crippen molar-refractivity contribution in [2.24, 2.45) is 0 Å². The van der Waals surface area contributed by atoms with Crippen LogP contribution >= 0.6 is 0 Å². The molecule has 0 heterocycles. The van der Waals surface area contributed by atoms with Gasteiger partial charge in [0.05, 0.1) is 52.6 Å². The number of sulfone groups is 1. The minimum absolute atomic E-state index is 0.238. The summed E-state index contributed by atoms with van der Waals surface area (Å²) in [6.07, 6.45) is 3.34. The molecule has 0 aliphatic rings. The number of benzene rings is 2. The zero-order valence-corrected chi connectivity index (χ0v) is 20.8. The largest absolute Gasteiger partial charge is 0.496 e. The Bertz CT molecular complexity index is 1210. The topological polar surface area (TPSA) is 126 Å². The second-order valence-corrected chi connectivity index (χ2v) is 8.82. The van der Waals surface area contributed by atoms with E-state index >= 15 is 0 Å². The molecular formula is C24H27NO9S. The van der Waals surface area contributed by atoms with E-state index < -0.39 is 21.7 Å². The van der Waals surface area contributed by atoms with Crippen LogP contribution in [0.4, 0.5) is 5.69 Å². The number of hydrogen-bond donors (Lipinski definition) is 1. The molecule has 0 atom stereocenters. The molecule has 2 aromatic rings. The van der Waals surface area contributed by atoms with Crippen LogP contribution in [0.1, 0.15) is 11.1 Å². The van der Waals surface area contributed by atoms with E-state index in [1.54, 1.807) is 18.2 Å². The van der Waals surface area contributed by atoms with Gasteiger partial charge in [0.2, 0.25) is 5.91 Å². The van der Waals surface area contributed by atoms with Crippen molar-refractivity contribution >= 4 is 33.5 Å². The zero-order chi connectivity index (χ0) is 26.0. The maximum atomic E-state index is 12.8. The lowest BCUT2D eigenvalue weighted by Crippen LogP contribution is -2.11. The lowest BCUT2D eigenvalue weighted by atomic mass is 10.1. The third-order valence-corrected chi connectivity index (χ3v) is 5.94. The SMILES string of the molecule is COC(=O)/C=C\C(=O)Nc1cc(CS(=O)(=O)/C=C\c2c(OC)cc(OC)cc2OC)ccc1OC. The molecule has 0 saturated carbocycles. The minimum Gasteiger partial charge on any atom is -0.496 e. The lowest BCUT2D eigenvalue weighted by molar-refractivity contribution is -0.135. The molecule has 0 aliphatic heterocycles. The van der Waals surface area contributed by atoms with Gasteiger partial charge in [0, 0.05) is 29.7 Å². The second kappa shape index (κ2) is 12.5. The predicted molar refractivity (Wildman–Crippen MR) is 131 cm³/mol. The molecule has 2 rings (SSSR count). The van der Waals surface area contributed by atoms with Crippen LogP contribution in [0.5, 0.6) is 23.0 Å². The Hall–Kier alpha value is -3.99. The van der Waals surface area contributed by atoms with Crippen molar-refractivity contribution < 1.29 is 41.7 Å². The molecule has 188 valence electrons. The van der Waals surface area contributed by atoms with Crippen molar-refractivity contribution in [3.8, 4) is 23.0 Å². The quantitative estimate of drug-likeness (QED) is 0.362. The Morgan fingerprint density at radius 2 is 1.49 bits per heavy atom. The summed E-state index contributed by atoms with van der Waals surface area (Å²) in [4.78, 5) is 23.3. The molecule has 0 spiro atoms. The molecule has 0 bridgehead atoms. The average Bonchev–Trinajstić information content (AvgIpc) is 2.85. The van der Waals surface area contributed by atoms with Crippen LogP contribution in [0.3, 0.4) is 0 Å². The molecule has 0 aromatic heterocycles. The maximum absolute atomic E-state index is 12.8. The lowest BCUT2D eigenvalue weighted by Gasteiger charge is -2.13. The summed E-state index contributed by atoms with van der Waals surface area (Å²) >= 11 is 0. The third kappa shape index (κ3) is 7.78. The molecule has 1 amide bonds. The summed E-state index contributed by atoms with van der Waals surface area (Å²) in [7, 11) is 3.25. The van der Waals surface area contributed by atoms with E-state index in [9.17, 15) is 18.0 Å². The Morgan fingerprint density at radius 1 is 0.857 bits per heavy atom. The van der Waals surface area contributed by atoms with Crippen LogP contribution in [0.15, 0.2) is 47.9 Å². The van der Waals surface area contributed by atoms with E-state index in [0.29, 0.717) is 34.1 Å². The van der Waals surface area contributed by atoms with Gasteiger partial charge in [0.15, 0.2) is 9.84 Å². The summed E-state index contributed by atoms with van der Waals surface area (Å²) < 4.78 is 51.2. The van der Waals surface area contributed by atoms with Crippen molar-refractivity contribution in [3.63, 3.8) is 0 Å². The molecule has 11 heteroatoms. The van der Waals surface area contributed by atoms with Crippen molar-refractivity contribution in [2.75, 3.05) is 40.9 Å². The zero-order valence-electron chi connectivity index (χ0n) is 20.0. The van der Waals surface area contributed by atoms with E-state index in [4.69, 9.17) is 18.9 Å². The van der Waals surface area contributed by atoms with Crippen LogP contribution in [0, 0.1) is 0 Å². The fourth-order valence-electron chi connectivity index (χ4n) is 2.98. The molecule has 0 aliphatic carbocycles. The number of hydrogen-bond acceptors (Lipinski definition) is 9. The first-order valence-electron chi connectivity index (χ1n) is 10.1. The van der Waals surface area contributed by atoms with E-state index in [2.05, 4.69) is 10.1 Å². The van der Waals surface area contributed by atoms with Gasteiger partial charge in [-0.3, -0.25) is 4.79 Å². The van der Waals surface area contributed by atoms with Crippen LogP contribution in [-0.4, -0.2) is 55.8 Å². The molecule has 2 aromatic carbocycles. The van der Waals surface area contributed by atoms with Gasteiger partial charge in [-0.1, -0.05) is 6.07 Å². The first kappa shape index (κ1) is 27.3. The minimum atomic E-state index is -3.74. The van der Waals surface area contributed by atoms with Gasteiger partial charge >= 0.3 is 5.97 Å². The molecule has 0 saturated heterocycles. The summed E-state index contributed by atoms with van der Waals surface area (Å²) in [6, 6.07) is 7.80. The number of ether oxygens (including phenoxy) is 5. The number of methoxy groups -OCH3 is 5. The predicted octanol–water partition coefficient (Wildman–Crippen LogP) is 2.97. The molecule has 10 nitrogen and oxygen atoms in total. The molecular weight excluding hydrogens is 478 g/mol. The Labute approximate surface area is 204 Å². The highest BCUT2D eigenvalue weighted by Crippen LogP contribution is 2.35. The first-order valence-corrected chi connectivity index (χ1v) is 11.8. The van der Waals surface area contributed by atoms with Crippen molar-refractivity contribution in [1.29, 1.82) is 0 Å². The average molecular weight is 506 g/mol. The van der Waals surface area contributed by atoms with Gasteiger partial charge in [-0.25, -0.2) is 13.2 Å². The molecule has 0 unspecified atom stereocenters. The number of rotatable bonds is 11. The normalized spacial score (nSPS) is 11.3. The summed E-state index contributed by atoms with van der Waals surface area (Å²) in [5.41, 5.74) is 1.07. The van der Waals surface area contributed by atoms with E-state index in [1.165, 1.54) is 53.8 Å². The third-order valence-electron chi connectivity index (χ3n) is 4.66. The van der Waals surface area contributed by atoms with Crippen LogP contribution in [-0.2, 0) is 29.9 Å². The molecule has 1 N–H and O–H groups in total. The highest BCUT2D eigenvalue weighted by atomic mass is 32.2. The highest BCUT2D eigenvalue weighted by molar-refractivity contribution is 7.93. The fraction of sp³-hybridized carbons (Fsp3) is 0.250. The number of carbonyl (C=O) groups excluding carboxylic acids is 2. The Kier molecular flexibility index (Phi) is 9.71. The molecule has 0 radical (unpaired) electrons. The first-order chi connectivity index (χ1) is 16.7. The smallest absolute Gasteiger partial charge is 0.330 e. The van der Waals surface area contributed by atoms with Crippen molar-refractivity contribution in [2.45, 2.75) is 5.75 Å². The highest BCUT2D eigenvalue weighted by Gasteiger charge is 2.15. The van der Waals surface area contributed by atoms with Gasteiger partial charge in [0.1, 0.15) is 23.0 Å². The number of nitrogens with one attached hydrogen (secondary N) is 1. The van der Waals surface area contributed by atoms with Crippen LogP contribution in [0.2, 0.25) is 0 Å². The van der Waals surface area contributed by atoms with Gasteiger partial charge in [-0.05, 0) is 23.8 Å². The number of anilines is 1. The Morgan fingerprint density at radius 3 is 2.03 bits per heavy atom. The van der Waals surface area contributed by atoms with E-state index in [1.807, 2.05) is 0 Å². The van der Waals surface area contributed by atoms with Gasteiger partial charge in [0.25, 0.3) is 0 Å². The van der Waals surface area contributed by atoms with E-state index in [-0.39, 0.29) is 11.4 Å². The number of esters is 1. The second-order valence-electron chi connectivity index (χ2n) is 6.94. The number of carbonyl (C=O) groups is 2. The number of amides is 1. The van der Waals surface area contributed by atoms with Crippen molar-refractivity contribution in [3.05, 3.63) is 59.0 Å². The van der Waals surface area contributed by atoms with Crippen LogP contribution < -0.4 is 24.3 Å². The summed E-state index contributed by atoms with van der Waals surface area (Å²) in [6.45, 7) is 0. The molecule has 35 heavy (non-hydrogen) atoms. The Balaban J connectivity index is 2.29. The summed E-state index contributed by atoms with van der Waals surface area (Å²) in [5, 5.41) is 3.61. The monoisotopic (exact) mass is 505 g/mol. The van der Waals surface area contributed by atoms with Crippen molar-refractivity contribution in [1.82, 2.24) is 0 Å². The fourth-order valence-corrected chi connectivity index (χ4v) is 4.06. The standard InChI is InChI=1S/C24H27NO9S/c1-30-17-13-21(32-3)18(22(14-17)33-4)10-11-35(28,29)15-16-6-7-20(31-2)19(12-16)25-23(26)8-9-24(27)34-5/h6-14H,15H2,1-5H3,(H,25,26)/b9-8-,11-10-. The van der Waals surface area contributed by atoms with E-state index in [0.717, 1.165) is 17.6 Å².